The Hall–Kier alpha value is -3.21. The average Bonchev–Trinajstić information content (AvgIpc) is 2.61. The van der Waals surface area contributed by atoms with E-state index in [-0.39, 0.29) is 11.5 Å². The Kier molecular flexibility index (Phi) is 4.95. The lowest BCUT2D eigenvalue weighted by Gasteiger charge is -2.19. The summed E-state index contributed by atoms with van der Waals surface area (Å²) in [4.78, 5) is 27.9. The van der Waals surface area contributed by atoms with Gasteiger partial charge >= 0.3 is 11.9 Å². The Morgan fingerprint density at radius 3 is 2.22 bits per heavy atom. The number of esters is 1. The van der Waals surface area contributed by atoms with Gasteiger partial charge in [0.2, 0.25) is 0 Å². The number of aromatic carboxylic acids is 1. The number of aromatic nitrogens is 1. The largest absolute Gasteiger partial charge is 0.478 e. The maximum absolute atomic E-state index is 12.1. The summed E-state index contributed by atoms with van der Waals surface area (Å²) in [6, 6.07) is 14.5. The smallest absolute Gasteiger partial charge is 0.338 e. The first kappa shape index (κ1) is 18.6. The van der Waals surface area contributed by atoms with Crippen LogP contribution in [-0.2, 0) is 11.2 Å². The van der Waals surface area contributed by atoms with Gasteiger partial charge in [0.1, 0.15) is 5.60 Å². The first-order valence-corrected chi connectivity index (χ1v) is 8.67. The molecule has 0 amide bonds. The van der Waals surface area contributed by atoms with Crippen molar-refractivity contribution in [3.05, 3.63) is 77.1 Å². The predicted molar refractivity (Wildman–Crippen MR) is 103 cm³/mol. The number of carboxylic acid groups (broad SMARTS) is 1. The molecule has 5 nitrogen and oxygen atoms in total. The predicted octanol–water partition coefficient (Wildman–Crippen LogP) is 4.48. The minimum Gasteiger partial charge on any atom is -0.478 e. The molecule has 0 aliphatic carbocycles. The fraction of sp³-hybridized carbons (Fsp3) is 0.227. The first-order valence-electron chi connectivity index (χ1n) is 8.67. The van der Waals surface area contributed by atoms with E-state index in [4.69, 9.17) is 4.74 Å². The van der Waals surface area contributed by atoms with Crippen LogP contribution in [0.2, 0.25) is 0 Å². The highest BCUT2D eigenvalue weighted by Crippen LogP contribution is 2.23. The number of carbonyl (C=O) groups is 2. The van der Waals surface area contributed by atoms with Crippen LogP contribution in [0.3, 0.4) is 0 Å². The maximum atomic E-state index is 12.1. The van der Waals surface area contributed by atoms with Crippen LogP contribution in [0.5, 0.6) is 0 Å². The number of benzene rings is 2. The summed E-state index contributed by atoms with van der Waals surface area (Å²) in [5, 5.41) is 10.8. The number of nitrogens with zero attached hydrogens (tertiary/aromatic N) is 1. The molecule has 3 aromatic rings. The summed E-state index contributed by atoms with van der Waals surface area (Å²) < 4.78 is 5.37. The van der Waals surface area contributed by atoms with E-state index in [1.54, 1.807) is 18.2 Å². The summed E-state index contributed by atoms with van der Waals surface area (Å²) in [7, 11) is 0. The second kappa shape index (κ2) is 7.19. The van der Waals surface area contributed by atoms with Crippen LogP contribution >= 0.6 is 0 Å². The molecule has 0 spiro atoms. The highest BCUT2D eigenvalue weighted by atomic mass is 16.6. The molecule has 0 radical (unpaired) electrons. The standard InChI is InChI=1S/C22H21NO4/c1-22(2,3)27-21(26)15-10-8-14(9-11-15)12-19-17-7-5-4-6-16(17)18(13-23-19)20(24)25/h4-11,13H,12H2,1-3H3,(H,24,25). The number of ether oxygens (including phenoxy) is 1. The zero-order valence-electron chi connectivity index (χ0n) is 15.5. The molecule has 0 bridgehead atoms. The average molecular weight is 363 g/mol. The third-order valence-corrected chi connectivity index (χ3v) is 4.07. The molecule has 0 aliphatic heterocycles. The van der Waals surface area contributed by atoms with Crippen LogP contribution in [0, 0.1) is 0 Å². The van der Waals surface area contributed by atoms with Gasteiger partial charge in [0, 0.05) is 18.0 Å². The zero-order valence-corrected chi connectivity index (χ0v) is 15.5. The molecule has 3 rings (SSSR count). The van der Waals surface area contributed by atoms with Crippen LogP contribution in [0.15, 0.2) is 54.7 Å². The lowest BCUT2D eigenvalue weighted by atomic mass is 10.00. The minimum absolute atomic E-state index is 0.189. The van der Waals surface area contributed by atoms with Crippen molar-refractivity contribution in [2.24, 2.45) is 0 Å². The van der Waals surface area contributed by atoms with Crippen LogP contribution in [-0.4, -0.2) is 27.6 Å². The Morgan fingerprint density at radius 1 is 1.00 bits per heavy atom. The molecule has 0 unspecified atom stereocenters. The van der Waals surface area contributed by atoms with E-state index >= 15 is 0 Å². The van der Waals surface area contributed by atoms with Crippen molar-refractivity contribution in [1.82, 2.24) is 4.98 Å². The molecular weight excluding hydrogens is 342 g/mol. The fourth-order valence-corrected chi connectivity index (χ4v) is 2.85. The number of pyridine rings is 1. The fourth-order valence-electron chi connectivity index (χ4n) is 2.85. The lowest BCUT2D eigenvalue weighted by molar-refractivity contribution is 0.00693. The van der Waals surface area contributed by atoms with E-state index in [9.17, 15) is 14.7 Å². The van der Waals surface area contributed by atoms with Gasteiger partial charge in [-0.1, -0.05) is 36.4 Å². The number of rotatable bonds is 4. The molecule has 1 heterocycles. The van der Waals surface area contributed by atoms with Crippen LogP contribution in [0.1, 0.15) is 52.7 Å². The van der Waals surface area contributed by atoms with Crippen LogP contribution < -0.4 is 0 Å². The van der Waals surface area contributed by atoms with Crippen molar-refractivity contribution in [1.29, 1.82) is 0 Å². The summed E-state index contributed by atoms with van der Waals surface area (Å²) in [5.74, 6) is -1.35. The van der Waals surface area contributed by atoms with Crippen molar-refractivity contribution >= 4 is 22.7 Å². The minimum atomic E-state index is -0.994. The summed E-state index contributed by atoms with van der Waals surface area (Å²) >= 11 is 0. The second-order valence-corrected chi connectivity index (χ2v) is 7.34. The van der Waals surface area contributed by atoms with E-state index in [0.29, 0.717) is 17.4 Å². The monoisotopic (exact) mass is 363 g/mol. The van der Waals surface area contributed by atoms with Gasteiger partial charge in [-0.3, -0.25) is 4.98 Å². The van der Waals surface area contributed by atoms with Gasteiger partial charge in [0.15, 0.2) is 0 Å². The first-order chi connectivity index (χ1) is 12.7. The van der Waals surface area contributed by atoms with Crippen LogP contribution in [0.25, 0.3) is 10.8 Å². The Bertz CT molecular complexity index is 1000. The van der Waals surface area contributed by atoms with E-state index in [1.807, 2.05) is 51.1 Å². The van der Waals surface area contributed by atoms with E-state index in [0.717, 1.165) is 16.6 Å². The molecule has 0 aliphatic rings. The summed E-state index contributed by atoms with van der Waals surface area (Å²) in [6.07, 6.45) is 1.93. The SMILES string of the molecule is CC(C)(C)OC(=O)c1ccc(Cc2ncc(C(=O)O)c3ccccc23)cc1. The zero-order chi connectivity index (χ0) is 19.6. The van der Waals surface area contributed by atoms with E-state index in [2.05, 4.69) is 4.98 Å². The summed E-state index contributed by atoms with van der Waals surface area (Å²) in [5.41, 5.74) is 1.91. The normalized spacial score (nSPS) is 11.4. The van der Waals surface area contributed by atoms with E-state index in [1.165, 1.54) is 6.20 Å². The number of fused-ring (bicyclic) bond motifs is 1. The van der Waals surface area contributed by atoms with Gasteiger partial charge in [-0.15, -0.1) is 0 Å². The molecule has 0 saturated heterocycles. The third kappa shape index (κ3) is 4.31. The molecule has 0 fully saturated rings. The number of carbonyl (C=O) groups excluding carboxylic acids is 1. The Labute approximate surface area is 157 Å². The van der Waals surface area contributed by atoms with Gasteiger partial charge in [-0.05, 0) is 43.9 Å². The number of hydrogen-bond acceptors (Lipinski definition) is 4. The van der Waals surface area contributed by atoms with Crippen molar-refractivity contribution in [2.75, 3.05) is 0 Å². The van der Waals surface area contributed by atoms with Crippen LogP contribution in [0.4, 0.5) is 0 Å². The van der Waals surface area contributed by atoms with E-state index < -0.39 is 11.6 Å². The number of hydrogen-bond donors (Lipinski definition) is 1. The van der Waals surface area contributed by atoms with Gasteiger partial charge in [0.05, 0.1) is 16.8 Å². The molecule has 27 heavy (non-hydrogen) atoms. The number of carboxylic acids is 1. The van der Waals surface area contributed by atoms with Gasteiger partial charge in [-0.2, -0.15) is 0 Å². The molecule has 2 aromatic carbocycles. The molecule has 1 N–H and O–H groups in total. The molecule has 0 saturated carbocycles. The van der Waals surface area contributed by atoms with Crippen molar-refractivity contribution in [3.8, 4) is 0 Å². The highest BCUT2D eigenvalue weighted by Gasteiger charge is 2.18. The van der Waals surface area contributed by atoms with Crippen molar-refractivity contribution in [2.45, 2.75) is 32.8 Å². The van der Waals surface area contributed by atoms with Gasteiger partial charge < -0.3 is 9.84 Å². The molecule has 5 heteroatoms. The lowest BCUT2D eigenvalue weighted by Crippen LogP contribution is -2.23. The topological polar surface area (TPSA) is 76.5 Å². The highest BCUT2D eigenvalue weighted by molar-refractivity contribution is 6.03. The second-order valence-electron chi connectivity index (χ2n) is 7.34. The summed E-state index contributed by atoms with van der Waals surface area (Å²) in [6.45, 7) is 5.49. The quantitative estimate of drug-likeness (QED) is 0.692. The van der Waals surface area contributed by atoms with Gasteiger partial charge in [0.25, 0.3) is 0 Å². The maximum Gasteiger partial charge on any atom is 0.338 e. The van der Waals surface area contributed by atoms with Crippen molar-refractivity contribution < 1.29 is 19.4 Å². The van der Waals surface area contributed by atoms with Gasteiger partial charge in [-0.25, -0.2) is 9.59 Å². The molecule has 1 aromatic heterocycles. The molecular formula is C22H21NO4. The molecule has 138 valence electrons. The Balaban J connectivity index is 1.87. The Morgan fingerprint density at radius 2 is 1.63 bits per heavy atom. The van der Waals surface area contributed by atoms with Crippen molar-refractivity contribution in [3.63, 3.8) is 0 Å². The molecule has 0 atom stereocenters. The third-order valence-electron chi connectivity index (χ3n) is 4.07.